The molecule has 3 N–H and O–H groups in total. The molecule has 3 nitrogen and oxygen atoms in total. The number of nitrogens with two attached hydrogens (primary N) is 1. The van der Waals surface area contributed by atoms with Crippen LogP contribution >= 0.6 is 0 Å². The lowest BCUT2D eigenvalue weighted by Crippen LogP contribution is -2.23. The predicted molar refractivity (Wildman–Crippen MR) is 67.6 cm³/mol. The van der Waals surface area contributed by atoms with Gasteiger partial charge in [-0.2, -0.15) is 13.2 Å². The van der Waals surface area contributed by atoms with Crippen LogP contribution in [0.4, 0.5) is 18.9 Å². The maximum absolute atomic E-state index is 12.7. The van der Waals surface area contributed by atoms with E-state index in [9.17, 15) is 18.0 Å². The van der Waals surface area contributed by atoms with E-state index in [4.69, 9.17) is 5.73 Å². The lowest BCUT2D eigenvalue weighted by atomic mass is 10.1. The zero-order valence-electron chi connectivity index (χ0n) is 10.8. The molecule has 0 aliphatic carbocycles. The average molecular weight is 274 g/mol. The average Bonchev–Trinajstić information content (AvgIpc) is 2.30. The van der Waals surface area contributed by atoms with Gasteiger partial charge in [0.25, 0.3) is 0 Å². The number of carbonyl (C=O) groups excluding carboxylic acids is 1. The largest absolute Gasteiger partial charge is 0.416 e. The van der Waals surface area contributed by atoms with E-state index in [-0.39, 0.29) is 23.1 Å². The number of carbonyl (C=O) groups is 1. The number of anilines is 1. The molecule has 0 heterocycles. The summed E-state index contributed by atoms with van der Waals surface area (Å²) in [6.07, 6.45) is -3.93. The molecule has 0 spiro atoms. The number of benzene rings is 1. The van der Waals surface area contributed by atoms with Gasteiger partial charge in [-0.05, 0) is 37.6 Å². The molecular weight excluding hydrogens is 257 g/mol. The summed E-state index contributed by atoms with van der Waals surface area (Å²) in [4.78, 5) is 11.7. The maximum atomic E-state index is 12.7. The molecule has 19 heavy (non-hydrogen) atoms. The summed E-state index contributed by atoms with van der Waals surface area (Å²) >= 11 is 0. The fraction of sp³-hybridized carbons (Fsp3) is 0.462. The number of hydrogen-bond donors (Lipinski definition) is 2. The van der Waals surface area contributed by atoms with E-state index >= 15 is 0 Å². The molecule has 1 amide bonds. The second kappa shape index (κ2) is 6.06. The normalized spacial score (nSPS) is 13.2. The van der Waals surface area contributed by atoms with E-state index in [2.05, 4.69) is 5.32 Å². The number of aryl methyl sites for hydroxylation is 1. The van der Waals surface area contributed by atoms with Crippen molar-refractivity contribution in [1.82, 2.24) is 0 Å². The van der Waals surface area contributed by atoms with E-state index in [1.165, 1.54) is 19.1 Å². The summed E-state index contributed by atoms with van der Waals surface area (Å²) in [6, 6.07) is 3.74. The van der Waals surface area contributed by atoms with Crippen molar-refractivity contribution in [2.24, 2.45) is 11.7 Å². The summed E-state index contributed by atoms with van der Waals surface area (Å²) in [7, 11) is 0. The number of amides is 1. The van der Waals surface area contributed by atoms with Crippen molar-refractivity contribution in [2.45, 2.75) is 26.4 Å². The molecule has 0 fully saturated rings. The molecule has 0 aromatic heterocycles. The highest BCUT2D eigenvalue weighted by atomic mass is 19.4. The highest BCUT2D eigenvalue weighted by Gasteiger charge is 2.32. The number of hydrogen-bond acceptors (Lipinski definition) is 2. The molecule has 1 aromatic carbocycles. The third kappa shape index (κ3) is 4.24. The Bertz CT molecular complexity index is 458. The number of alkyl halides is 3. The summed E-state index contributed by atoms with van der Waals surface area (Å²) in [6.45, 7) is 3.42. The van der Waals surface area contributed by atoms with Crippen LogP contribution in [0.25, 0.3) is 0 Å². The molecule has 0 radical (unpaired) electrons. The molecule has 0 aliphatic rings. The second-order valence-corrected chi connectivity index (χ2v) is 4.50. The van der Waals surface area contributed by atoms with Crippen LogP contribution in [0.1, 0.15) is 24.5 Å². The van der Waals surface area contributed by atoms with Gasteiger partial charge in [0, 0.05) is 11.6 Å². The molecule has 1 rings (SSSR count). The minimum absolute atomic E-state index is 0.125. The van der Waals surface area contributed by atoms with E-state index in [0.29, 0.717) is 13.0 Å². The number of nitrogens with one attached hydrogen (secondary N) is 1. The first-order valence-corrected chi connectivity index (χ1v) is 5.94. The monoisotopic (exact) mass is 274 g/mol. The number of halogens is 3. The van der Waals surface area contributed by atoms with Gasteiger partial charge < -0.3 is 11.1 Å². The Kier molecular flexibility index (Phi) is 4.94. The molecule has 6 heteroatoms. The van der Waals surface area contributed by atoms with Gasteiger partial charge in [-0.25, -0.2) is 0 Å². The Hall–Kier alpha value is -1.56. The van der Waals surface area contributed by atoms with Gasteiger partial charge in [0.15, 0.2) is 0 Å². The van der Waals surface area contributed by atoms with Crippen LogP contribution in [0.15, 0.2) is 18.2 Å². The van der Waals surface area contributed by atoms with Crippen molar-refractivity contribution < 1.29 is 18.0 Å². The first kappa shape index (κ1) is 15.5. The van der Waals surface area contributed by atoms with Gasteiger partial charge in [0.1, 0.15) is 0 Å². The third-order valence-corrected chi connectivity index (χ3v) is 2.86. The fourth-order valence-corrected chi connectivity index (χ4v) is 1.65. The SMILES string of the molecule is Cc1ccc(NC(=O)C(C)CCN)cc1C(F)(F)F. The zero-order valence-corrected chi connectivity index (χ0v) is 10.8. The highest BCUT2D eigenvalue weighted by molar-refractivity contribution is 5.92. The van der Waals surface area contributed by atoms with Gasteiger partial charge in [-0.3, -0.25) is 4.79 Å². The lowest BCUT2D eigenvalue weighted by Gasteiger charge is -2.14. The van der Waals surface area contributed by atoms with E-state index in [0.717, 1.165) is 6.07 Å². The van der Waals surface area contributed by atoms with Gasteiger partial charge in [-0.1, -0.05) is 13.0 Å². The third-order valence-electron chi connectivity index (χ3n) is 2.86. The van der Waals surface area contributed by atoms with Crippen LogP contribution in [0, 0.1) is 12.8 Å². The molecule has 106 valence electrons. The van der Waals surface area contributed by atoms with Crippen molar-refractivity contribution in [3.63, 3.8) is 0 Å². The lowest BCUT2D eigenvalue weighted by molar-refractivity contribution is -0.138. The molecule has 0 aliphatic heterocycles. The smallest absolute Gasteiger partial charge is 0.330 e. The van der Waals surface area contributed by atoms with Gasteiger partial charge in [0.2, 0.25) is 5.91 Å². The summed E-state index contributed by atoms with van der Waals surface area (Å²) in [5, 5.41) is 2.47. The fourth-order valence-electron chi connectivity index (χ4n) is 1.65. The Morgan fingerprint density at radius 2 is 2.05 bits per heavy atom. The van der Waals surface area contributed by atoms with Crippen LogP contribution in [0.3, 0.4) is 0 Å². The number of rotatable bonds is 4. The Labute approximate surface area is 110 Å². The standard InChI is InChI=1S/C13H17F3N2O/c1-8-3-4-10(7-11(8)13(14,15)16)18-12(19)9(2)5-6-17/h3-4,7,9H,5-6,17H2,1-2H3,(H,18,19). The van der Waals surface area contributed by atoms with Crippen LogP contribution in [-0.2, 0) is 11.0 Å². The molecule has 1 aromatic rings. The minimum atomic E-state index is -4.42. The van der Waals surface area contributed by atoms with Gasteiger partial charge >= 0.3 is 6.18 Å². The summed E-state index contributed by atoms with van der Waals surface area (Å²) in [5.41, 5.74) is 4.86. The minimum Gasteiger partial charge on any atom is -0.330 e. The Balaban J connectivity index is 2.89. The molecule has 1 atom stereocenters. The Morgan fingerprint density at radius 1 is 1.42 bits per heavy atom. The first-order chi connectivity index (χ1) is 8.75. The first-order valence-electron chi connectivity index (χ1n) is 5.94. The quantitative estimate of drug-likeness (QED) is 0.887. The molecule has 1 unspecified atom stereocenters. The zero-order chi connectivity index (χ0) is 14.6. The van der Waals surface area contributed by atoms with Crippen molar-refractivity contribution in [3.05, 3.63) is 29.3 Å². The molecule has 0 saturated carbocycles. The van der Waals surface area contributed by atoms with Crippen LogP contribution in [-0.4, -0.2) is 12.5 Å². The van der Waals surface area contributed by atoms with Gasteiger partial charge in [-0.15, -0.1) is 0 Å². The van der Waals surface area contributed by atoms with Crippen LogP contribution in [0.5, 0.6) is 0 Å². The van der Waals surface area contributed by atoms with E-state index < -0.39 is 11.7 Å². The van der Waals surface area contributed by atoms with E-state index in [1.807, 2.05) is 0 Å². The Morgan fingerprint density at radius 3 is 2.58 bits per heavy atom. The predicted octanol–water partition coefficient (Wildman–Crippen LogP) is 2.94. The van der Waals surface area contributed by atoms with Crippen molar-refractivity contribution in [3.8, 4) is 0 Å². The maximum Gasteiger partial charge on any atom is 0.416 e. The van der Waals surface area contributed by atoms with Crippen molar-refractivity contribution in [2.75, 3.05) is 11.9 Å². The molecular formula is C13H17F3N2O. The summed E-state index contributed by atoms with van der Waals surface area (Å²) < 4.78 is 38.1. The highest BCUT2D eigenvalue weighted by Crippen LogP contribution is 2.33. The van der Waals surface area contributed by atoms with Crippen molar-refractivity contribution >= 4 is 11.6 Å². The molecule has 0 saturated heterocycles. The summed E-state index contributed by atoms with van der Waals surface area (Å²) in [5.74, 6) is -0.664. The molecule has 0 bridgehead atoms. The van der Waals surface area contributed by atoms with Crippen LogP contribution in [0.2, 0.25) is 0 Å². The van der Waals surface area contributed by atoms with Crippen LogP contribution < -0.4 is 11.1 Å². The van der Waals surface area contributed by atoms with Crippen molar-refractivity contribution in [1.29, 1.82) is 0 Å². The topological polar surface area (TPSA) is 55.1 Å². The van der Waals surface area contributed by atoms with Gasteiger partial charge in [0.05, 0.1) is 5.56 Å². The second-order valence-electron chi connectivity index (χ2n) is 4.50. The van der Waals surface area contributed by atoms with E-state index in [1.54, 1.807) is 6.92 Å².